The van der Waals surface area contributed by atoms with Gasteiger partial charge in [-0.2, -0.15) is 13.2 Å². The van der Waals surface area contributed by atoms with E-state index < -0.39 is 18.1 Å². The molecule has 1 fully saturated rings. The second kappa shape index (κ2) is 5.58. The molecule has 1 aliphatic heterocycles. The molecular weight excluding hydrogens is 251 g/mol. The van der Waals surface area contributed by atoms with Crippen molar-refractivity contribution in [1.82, 2.24) is 4.90 Å². The Bertz CT molecular complexity index is 322. The molecule has 0 saturated carbocycles. The number of halogens is 3. The number of hydrogen-bond acceptors (Lipinski definition) is 2. The first-order chi connectivity index (χ1) is 8.21. The van der Waals surface area contributed by atoms with Gasteiger partial charge in [0, 0.05) is 19.5 Å². The normalized spacial score (nSPS) is 19.7. The standard InChI is InChI=1S/C11H16F3NO3/c1-7(6-9(16)17)8-2-4-15(5-3-8)10(18)11(12,13)14/h7-8H,2-6H2,1H3,(H,16,17). The smallest absolute Gasteiger partial charge is 0.471 e. The number of carboxylic acid groups (broad SMARTS) is 1. The van der Waals surface area contributed by atoms with E-state index in [0.717, 1.165) is 4.90 Å². The largest absolute Gasteiger partial charge is 0.481 e. The molecule has 1 rings (SSSR count). The first-order valence-corrected chi connectivity index (χ1v) is 5.79. The Kier molecular flexibility index (Phi) is 4.59. The van der Waals surface area contributed by atoms with Crippen LogP contribution in [0.5, 0.6) is 0 Å². The Morgan fingerprint density at radius 3 is 2.22 bits per heavy atom. The quantitative estimate of drug-likeness (QED) is 0.849. The summed E-state index contributed by atoms with van der Waals surface area (Å²) in [7, 11) is 0. The number of likely N-dealkylation sites (tertiary alicyclic amines) is 1. The molecule has 1 amide bonds. The Morgan fingerprint density at radius 1 is 1.33 bits per heavy atom. The van der Waals surface area contributed by atoms with Crippen LogP contribution in [-0.4, -0.2) is 41.1 Å². The summed E-state index contributed by atoms with van der Waals surface area (Å²) >= 11 is 0. The van der Waals surface area contributed by atoms with Crippen LogP contribution in [0.1, 0.15) is 26.2 Å². The summed E-state index contributed by atoms with van der Waals surface area (Å²) < 4.78 is 36.6. The number of hydrogen-bond donors (Lipinski definition) is 1. The number of carbonyl (C=O) groups excluding carboxylic acids is 1. The van der Waals surface area contributed by atoms with Crippen molar-refractivity contribution in [1.29, 1.82) is 0 Å². The van der Waals surface area contributed by atoms with Gasteiger partial charge in [0.25, 0.3) is 0 Å². The average molecular weight is 267 g/mol. The zero-order valence-electron chi connectivity index (χ0n) is 10.0. The Balaban J connectivity index is 2.46. The van der Waals surface area contributed by atoms with Gasteiger partial charge in [0.05, 0.1) is 0 Å². The van der Waals surface area contributed by atoms with Gasteiger partial charge >= 0.3 is 18.1 Å². The van der Waals surface area contributed by atoms with Gasteiger partial charge < -0.3 is 10.0 Å². The van der Waals surface area contributed by atoms with Crippen LogP contribution in [0.4, 0.5) is 13.2 Å². The maximum Gasteiger partial charge on any atom is 0.471 e. The molecule has 0 bridgehead atoms. The minimum absolute atomic E-state index is 0.0118. The number of nitrogens with zero attached hydrogens (tertiary/aromatic N) is 1. The third-order valence-electron chi connectivity index (χ3n) is 3.37. The number of carbonyl (C=O) groups is 2. The number of rotatable bonds is 3. The van der Waals surface area contributed by atoms with E-state index in [1.807, 2.05) is 0 Å². The predicted molar refractivity (Wildman–Crippen MR) is 56.8 cm³/mol. The van der Waals surface area contributed by atoms with Crippen molar-refractivity contribution in [3.63, 3.8) is 0 Å². The highest BCUT2D eigenvalue weighted by Gasteiger charge is 2.43. The molecule has 0 aliphatic carbocycles. The van der Waals surface area contributed by atoms with E-state index in [0.29, 0.717) is 12.8 Å². The summed E-state index contributed by atoms with van der Waals surface area (Å²) in [5, 5.41) is 8.65. The zero-order valence-corrected chi connectivity index (χ0v) is 10.0. The fourth-order valence-electron chi connectivity index (χ4n) is 2.29. The highest BCUT2D eigenvalue weighted by Crippen LogP contribution is 2.29. The van der Waals surface area contributed by atoms with Crippen molar-refractivity contribution in [3.8, 4) is 0 Å². The van der Waals surface area contributed by atoms with Gasteiger partial charge in [-0.1, -0.05) is 6.92 Å². The molecule has 1 atom stereocenters. The molecule has 104 valence electrons. The lowest BCUT2D eigenvalue weighted by atomic mass is 9.83. The molecular formula is C11H16F3NO3. The van der Waals surface area contributed by atoms with Crippen LogP contribution < -0.4 is 0 Å². The van der Waals surface area contributed by atoms with E-state index in [4.69, 9.17) is 5.11 Å². The summed E-state index contributed by atoms with van der Waals surface area (Å²) in [6, 6.07) is 0. The second-order valence-electron chi connectivity index (χ2n) is 4.70. The Labute approximate surface area is 103 Å². The number of aliphatic carboxylic acids is 1. The van der Waals surface area contributed by atoms with Crippen molar-refractivity contribution in [2.75, 3.05) is 13.1 Å². The van der Waals surface area contributed by atoms with E-state index in [1.165, 1.54) is 0 Å². The van der Waals surface area contributed by atoms with Gasteiger partial charge in [0.1, 0.15) is 0 Å². The summed E-state index contributed by atoms with van der Waals surface area (Å²) in [6.07, 6.45) is -3.95. The van der Waals surface area contributed by atoms with Crippen molar-refractivity contribution < 1.29 is 27.9 Å². The molecule has 0 spiro atoms. The minimum atomic E-state index is -4.82. The highest BCUT2D eigenvalue weighted by atomic mass is 19.4. The lowest BCUT2D eigenvalue weighted by molar-refractivity contribution is -0.187. The van der Waals surface area contributed by atoms with Crippen LogP contribution in [0.2, 0.25) is 0 Å². The zero-order chi connectivity index (χ0) is 13.9. The lowest BCUT2D eigenvalue weighted by Gasteiger charge is -2.34. The summed E-state index contributed by atoms with van der Waals surface area (Å²) in [5.41, 5.74) is 0. The third-order valence-corrected chi connectivity index (χ3v) is 3.37. The van der Waals surface area contributed by atoms with E-state index in [1.54, 1.807) is 6.92 Å². The van der Waals surface area contributed by atoms with Crippen molar-refractivity contribution >= 4 is 11.9 Å². The van der Waals surface area contributed by atoms with E-state index in [-0.39, 0.29) is 31.3 Å². The Morgan fingerprint density at radius 2 is 1.83 bits per heavy atom. The van der Waals surface area contributed by atoms with Crippen LogP contribution in [0, 0.1) is 11.8 Å². The van der Waals surface area contributed by atoms with Gasteiger partial charge in [-0.15, -0.1) is 0 Å². The fraction of sp³-hybridized carbons (Fsp3) is 0.818. The third kappa shape index (κ3) is 3.89. The number of piperidine rings is 1. The molecule has 1 N–H and O–H groups in total. The van der Waals surface area contributed by atoms with Crippen LogP contribution in [-0.2, 0) is 9.59 Å². The van der Waals surface area contributed by atoms with E-state index in [2.05, 4.69) is 0 Å². The first kappa shape index (κ1) is 14.8. The monoisotopic (exact) mass is 267 g/mol. The van der Waals surface area contributed by atoms with E-state index >= 15 is 0 Å². The molecule has 1 heterocycles. The Hall–Kier alpha value is -1.27. The minimum Gasteiger partial charge on any atom is -0.481 e. The first-order valence-electron chi connectivity index (χ1n) is 5.79. The van der Waals surface area contributed by atoms with Gasteiger partial charge in [-0.25, -0.2) is 0 Å². The molecule has 1 aliphatic rings. The van der Waals surface area contributed by atoms with Crippen LogP contribution in [0.3, 0.4) is 0 Å². The number of alkyl halides is 3. The van der Waals surface area contributed by atoms with E-state index in [9.17, 15) is 22.8 Å². The molecule has 1 unspecified atom stereocenters. The van der Waals surface area contributed by atoms with Crippen molar-refractivity contribution in [2.45, 2.75) is 32.4 Å². The van der Waals surface area contributed by atoms with Gasteiger partial charge in [0.2, 0.25) is 0 Å². The predicted octanol–water partition coefficient (Wildman–Crippen LogP) is 1.90. The fourth-order valence-corrected chi connectivity index (χ4v) is 2.29. The lowest BCUT2D eigenvalue weighted by Crippen LogP contribution is -2.46. The molecule has 0 aromatic heterocycles. The number of carboxylic acids is 1. The molecule has 1 saturated heterocycles. The molecule has 0 aromatic rings. The molecule has 7 heteroatoms. The summed E-state index contributed by atoms with van der Waals surface area (Å²) in [5.74, 6) is -2.72. The topological polar surface area (TPSA) is 57.6 Å². The number of amides is 1. The van der Waals surface area contributed by atoms with Crippen LogP contribution >= 0.6 is 0 Å². The second-order valence-corrected chi connectivity index (χ2v) is 4.70. The average Bonchev–Trinajstić information content (AvgIpc) is 2.26. The molecule has 4 nitrogen and oxygen atoms in total. The van der Waals surface area contributed by atoms with Crippen LogP contribution in [0.15, 0.2) is 0 Å². The maximum absolute atomic E-state index is 12.2. The summed E-state index contributed by atoms with van der Waals surface area (Å²) in [6.45, 7) is 1.87. The van der Waals surface area contributed by atoms with Gasteiger partial charge in [-0.05, 0) is 24.7 Å². The molecule has 0 aromatic carbocycles. The van der Waals surface area contributed by atoms with Crippen molar-refractivity contribution in [3.05, 3.63) is 0 Å². The van der Waals surface area contributed by atoms with Crippen LogP contribution in [0.25, 0.3) is 0 Å². The highest BCUT2D eigenvalue weighted by molar-refractivity contribution is 5.81. The maximum atomic E-state index is 12.2. The molecule has 0 radical (unpaired) electrons. The molecule has 18 heavy (non-hydrogen) atoms. The SMILES string of the molecule is CC(CC(=O)O)C1CCN(C(=O)C(F)(F)F)CC1. The summed E-state index contributed by atoms with van der Waals surface area (Å²) in [4.78, 5) is 22.3. The van der Waals surface area contributed by atoms with Gasteiger partial charge in [0.15, 0.2) is 0 Å². The van der Waals surface area contributed by atoms with Crippen molar-refractivity contribution in [2.24, 2.45) is 11.8 Å². The van der Waals surface area contributed by atoms with Gasteiger partial charge in [-0.3, -0.25) is 9.59 Å².